The zero-order valence-electron chi connectivity index (χ0n) is 4.91. The van der Waals surface area contributed by atoms with E-state index in [1.54, 1.807) is 0 Å². The number of quaternary nitrogens is 1. The zero-order chi connectivity index (χ0) is 6.10. The van der Waals surface area contributed by atoms with E-state index in [1.165, 1.54) is 5.70 Å². The smallest absolute Gasteiger partial charge is 0.117 e. The summed E-state index contributed by atoms with van der Waals surface area (Å²) < 4.78 is 0. The zero-order valence-corrected chi connectivity index (χ0v) is 4.91. The largest absolute Gasteiger partial charge is 0.220 e. The monoisotopic (exact) mass is 122 g/mol. The lowest BCUT2D eigenvalue weighted by atomic mass is 10.3. The van der Waals surface area contributed by atoms with Crippen LogP contribution in [0, 0.1) is 0 Å². The second kappa shape index (κ2) is 1.63. The molecule has 0 saturated carbocycles. The van der Waals surface area contributed by atoms with Gasteiger partial charge in [-0.15, -0.1) is 5.53 Å². The number of hydrogen-bond donors (Lipinski definition) is 2. The van der Waals surface area contributed by atoms with Gasteiger partial charge < -0.3 is 0 Å². The lowest BCUT2D eigenvalue weighted by molar-refractivity contribution is -0.812. The van der Waals surface area contributed by atoms with Crippen LogP contribution >= 0.6 is 0 Å². The Morgan fingerprint density at radius 2 is 2.44 bits per heavy atom. The first-order valence-electron chi connectivity index (χ1n) is 2.89. The van der Waals surface area contributed by atoms with Gasteiger partial charge in [-0.05, 0) is 12.2 Å². The van der Waals surface area contributed by atoms with Gasteiger partial charge in [-0.1, -0.05) is 6.08 Å². The van der Waals surface area contributed by atoms with Crippen LogP contribution in [0.4, 0.5) is 0 Å². The molecule has 3 nitrogen and oxygen atoms in total. The second-order valence-electron chi connectivity index (χ2n) is 1.97. The van der Waals surface area contributed by atoms with Crippen molar-refractivity contribution < 1.29 is 5.53 Å². The predicted molar refractivity (Wildman–Crippen MR) is 33.3 cm³/mol. The van der Waals surface area contributed by atoms with Gasteiger partial charge in [-0.3, -0.25) is 0 Å². The summed E-state index contributed by atoms with van der Waals surface area (Å²) in [6.07, 6.45) is 10.0. The minimum atomic E-state index is 1.19. The molecule has 2 aliphatic rings. The number of hydrogen-bond acceptors (Lipinski definition) is 2. The van der Waals surface area contributed by atoms with Crippen LogP contribution in [0.25, 0.3) is 0 Å². The molecule has 0 aromatic heterocycles. The number of allylic oxidation sites excluding steroid dienone is 3. The van der Waals surface area contributed by atoms with Gasteiger partial charge in [0, 0.05) is 0 Å². The van der Waals surface area contributed by atoms with Gasteiger partial charge in [0.05, 0.1) is 12.4 Å². The Morgan fingerprint density at radius 3 is 3.33 bits per heavy atom. The fourth-order valence-electron chi connectivity index (χ4n) is 0.912. The van der Waals surface area contributed by atoms with Crippen molar-refractivity contribution >= 4 is 0 Å². The maximum atomic E-state index is 3.00. The Morgan fingerprint density at radius 1 is 1.44 bits per heavy atom. The van der Waals surface area contributed by atoms with Crippen LogP contribution in [0.15, 0.2) is 36.3 Å². The highest BCUT2D eigenvalue weighted by molar-refractivity contribution is 5.25. The summed E-state index contributed by atoms with van der Waals surface area (Å²) in [4.78, 5) is 0. The van der Waals surface area contributed by atoms with E-state index in [4.69, 9.17) is 0 Å². The van der Waals surface area contributed by atoms with E-state index in [-0.39, 0.29) is 0 Å². The normalized spacial score (nSPS) is 21.3. The molecule has 46 valence electrons. The van der Waals surface area contributed by atoms with E-state index in [9.17, 15) is 0 Å². The molecular weight excluding hydrogens is 114 g/mol. The standard InChI is InChI=1S/C6H7N3/c1-2-4-9-6(3-1)5-7-8-9/h1-5,7-8H/p+1. The molecule has 0 bridgehead atoms. The lowest BCUT2D eigenvalue weighted by Crippen LogP contribution is -2.95. The first-order valence-corrected chi connectivity index (χ1v) is 2.89. The van der Waals surface area contributed by atoms with Crippen molar-refractivity contribution in [2.75, 3.05) is 0 Å². The third-order valence-electron chi connectivity index (χ3n) is 1.37. The number of rotatable bonds is 0. The number of nitrogens with one attached hydrogen (secondary N) is 1. The van der Waals surface area contributed by atoms with Gasteiger partial charge in [0.1, 0.15) is 5.70 Å². The Kier molecular flexibility index (Phi) is 0.841. The molecule has 0 radical (unpaired) electrons. The van der Waals surface area contributed by atoms with Crippen molar-refractivity contribution in [2.45, 2.75) is 0 Å². The van der Waals surface area contributed by atoms with Crippen molar-refractivity contribution in [3.8, 4) is 0 Å². The summed E-state index contributed by atoms with van der Waals surface area (Å²) in [6, 6.07) is 0. The average molecular weight is 122 g/mol. The molecule has 0 saturated heterocycles. The molecule has 0 aliphatic carbocycles. The summed E-state index contributed by atoms with van der Waals surface area (Å²) >= 11 is 0. The number of fused-ring (bicyclic) bond motifs is 1. The molecule has 2 heterocycles. The molecule has 0 unspecified atom stereocenters. The quantitative estimate of drug-likeness (QED) is 0.413. The minimum absolute atomic E-state index is 1.19. The van der Waals surface area contributed by atoms with Crippen LogP contribution in [-0.2, 0) is 0 Å². The molecule has 0 fully saturated rings. The van der Waals surface area contributed by atoms with Gasteiger partial charge in [0.25, 0.3) is 0 Å². The molecule has 0 aromatic rings. The molecule has 0 spiro atoms. The van der Waals surface area contributed by atoms with Crippen LogP contribution in [0.5, 0.6) is 0 Å². The first-order chi connectivity index (χ1) is 4.47. The van der Waals surface area contributed by atoms with E-state index in [0.29, 0.717) is 0 Å². The molecule has 2 aliphatic heterocycles. The van der Waals surface area contributed by atoms with Gasteiger partial charge in [0.2, 0.25) is 0 Å². The van der Waals surface area contributed by atoms with Crippen molar-refractivity contribution in [3.63, 3.8) is 0 Å². The highest BCUT2D eigenvalue weighted by Gasteiger charge is 2.13. The van der Waals surface area contributed by atoms with E-state index < -0.39 is 0 Å². The van der Waals surface area contributed by atoms with Crippen molar-refractivity contribution in [3.05, 3.63) is 36.3 Å². The molecule has 3 N–H and O–H groups in total. The highest BCUT2D eigenvalue weighted by atomic mass is 15.7. The predicted octanol–water partition coefficient (Wildman–Crippen LogP) is -0.790. The van der Waals surface area contributed by atoms with E-state index in [0.717, 1.165) is 0 Å². The molecule has 3 heteroatoms. The van der Waals surface area contributed by atoms with E-state index in [2.05, 4.69) is 11.5 Å². The van der Waals surface area contributed by atoms with Crippen molar-refractivity contribution in [1.82, 2.24) is 10.4 Å². The van der Waals surface area contributed by atoms with Crippen molar-refractivity contribution in [2.24, 2.45) is 0 Å². The molecule has 9 heavy (non-hydrogen) atoms. The maximum Gasteiger partial charge on any atom is 0.117 e. The summed E-state index contributed by atoms with van der Waals surface area (Å²) in [5.41, 5.74) is 6.10. The van der Waals surface area contributed by atoms with Crippen LogP contribution in [0.2, 0.25) is 0 Å². The lowest BCUT2D eigenvalue weighted by Gasteiger charge is -2.10. The van der Waals surface area contributed by atoms with Gasteiger partial charge >= 0.3 is 0 Å². The van der Waals surface area contributed by atoms with Crippen molar-refractivity contribution in [1.29, 1.82) is 0 Å². The number of nitrogens with zero attached hydrogens (tertiary/aromatic N) is 1. The van der Waals surface area contributed by atoms with Gasteiger partial charge in [-0.25, -0.2) is 5.43 Å². The van der Waals surface area contributed by atoms with Gasteiger partial charge in [0.15, 0.2) is 0 Å². The summed E-state index contributed by atoms with van der Waals surface area (Å²) in [5.74, 6) is 0. The molecule has 0 amide bonds. The van der Waals surface area contributed by atoms with Gasteiger partial charge in [-0.2, -0.15) is 5.01 Å². The fourth-order valence-corrected chi connectivity index (χ4v) is 0.912. The second-order valence-corrected chi connectivity index (χ2v) is 1.97. The molecule has 2 rings (SSSR count). The Labute approximate surface area is 53.3 Å². The van der Waals surface area contributed by atoms with Crippen LogP contribution in [-0.4, -0.2) is 5.01 Å². The Balaban J connectivity index is 2.33. The molecular formula is C6H8N3+. The Bertz CT molecular complexity index is 200. The molecule has 0 aromatic carbocycles. The topological polar surface area (TPSA) is 31.9 Å². The van der Waals surface area contributed by atoms with E-state index >= 15 is 0 Å². The van der Waals surface area contributed by atoms with E-state index in [1.807, 2.05) is 35.1 Å². The summed E-state index contributed by atoms with van der Waals surface area (Å²) in [7, 11) is 0. The third kappa shape index (κ3) is 0.622. The maximum absolute atomic E-state index is 3.00. The molecule has 0 atom stereocenters. The van der Waals surface area contributed by atoms with Crippen LogP contribution < -0.4 is 11.0 Å². The highest BCUT2D eigenvalue weighted by Crippen LogP contribution is 2.06. The van der Waals surface area contributed by atoms with Crippen LogP contribution in [0.3, 0.4) is 0 Å². The summed E-state index contributed by atoms with van der Waals surface area (Å²) in [6.45, 7) is 0. The minimum Gasteiger partial charge on any atom is -0.220 e. The first kappa shape index (κ1) is 4.64. The average Bonchev–Trinajstić information content (AvgIpc) is 2.33. The third-order valence-corrected chi connectivity index (χ3v) is 1.37. The Hall–Kier alpha value is -1.22. The summed E-state index contributed by atoms with van der Waals surface area (Å²) in [5, 5.41) is 2.03. The van der Waals surface area contributed by atoms with Crippen LogP contribution in [0.1, 0.15) is 0 Å². The number of nitrogens with two attached hydrogens (primary N) is 1. The SMILES string of the molecule is C1=CC2=CN[NH2+]N2C=C1. The fraction of sp³-hybridized carbons (Fsp3) is 0.